The summed E-state index contributed by atoms with van der Waals surface area (Å²) < 4.78 is 1.13. The molecule has 0 spiro atoms. The van der Waals surface area contributed by atoms with E-state index in [9.17, 15) is 0 Å². The average Bonchev–Trinajstić information content (AvgIpc) is 2.04. The molecule has 60 valence electrons. The lowest BCUT2D eigenvalue weighted by Crippen LogP contribution is -1.89. The predicted octanol–water partition coefficient (Wildman–Crippen LogP) is 3.49. The van der Waals surface area contributed by atoms with Crippen molar-refractivity contribution in [1.29, 1.82) is 0 Å². The molecule has 0 aromatic heterocycles. The van der Waals surface area contributed by atoms with Crippen molar-refractivity contribution < 1.29 is 0 Å². The Morgan fingerprint density at radius 1 is 1.27 bits per heavy atom. The molecule has 1 rings (SSSR count). The number of alkyl halides is 1. The third kappa shape index (κ3) is 2.19. The highest BCUT2D eigenvalue weighted by Gasteiger charge is 1.97. The normalized spacial score (nSPS) is 10.1. The van der Waals surface area contributed by atoms with Gasteiger partial charge in [0.05, 0.1) is 0 Å². The van der Waals surface area contributed by atoms with Crippen LogP contribution in [0.1, 0.15) is 23.6 Å². The van der Waals surface area contributed by atoms with Gasteiger partial charge in [-0.15, -0.1) is 0 Å². The Labute approximate surface area is 82.2 Å². The second-order valence-electron chi connectivity index (χ2n) is 2.76. The fourth-order valence-electron chi connectivity index (χ4n) is 1.21. The first-order chi connectivity index (χ1) is 5.27. The van der Waals surface area contributed by atoms with E-state index in [2.05, 4.69) is 54.6 Å². The Balaban J connectivity index is 3.06. The lowest BCUT2D eigenvalue weighted by Gasteiger charge is -2.04. The van der Waals surface area contributed by atoms with Gasteiger partial charge in [0.1, 0.15) is 0 Å². The number of aryl methyl sites for hydroxylation is 2. The molecule has 0 aliphatic heterocycles. The Kier molecular flexibility index (Phi) is 3.37. The van der Waals surface area contributed by atoms with Crippen LogP contribution < -0.4 is 0 Å². The van der Waals surface area contributed by atoms with Gasteiger partial charge in [0, 0.05) is 4.43 Å². The van der Waals surface area contributed by atoms with E-state index in [1.807, 2.05) is 0 Å². The lowest BCUT2D eigenvalue weighted by molar-refractivity contribution is 1.10. The molecule has 0 aliphatic carbocycles. The third-order valence-electron chi connectivity index (χ3n) is 1.89. The maximum Gasteiger partial charge on any atom is 0.0249 e. The van der Waals surface area contributed by atoms with E-state index in [-0.39, 0.29) is 0 Å². The quantitative estimate of drug-likeness (QED) is 0.564. The van der Waals surface area contributed by atoms with Gasteiger partial charge >= 0.3 is 0 Å². The van der Waals surface area contributed by atoms with Gasteiger partial charge in [-0.05, 0) is 24.5 Å². The molecule has 0 fully saturated rings. The molecule has 0 N–H and O–H groups in total. The van der Waals surface area contributed by atoms with Crippen molar-refractivity contribution in [1.82, 2.24) is 0 Å². The summed E-state index contributed by atoms with van der Waals surface area (Å²) in [6.07, 6.45) is 1.15. The van der Waals surface area contributed by atoms with Crippen LogP contribution in [-0.4, -0.2) is 0 Å². The molecule has 1 aromatic rings. The number of benzene rings is 1. The second-order valence-corrected chi connectivity index (χ2v) is 3.52. The summed E-state index contributed by atoms with van der Waals surface area (Å²) in [6, 6.07) is 6.71. The molecule has 1 heteroatoms. The maximum absolute atomic E-state index is 2.41. The van der Waals surface area contributed by atoms with Crippen molar-refractivity contribution in [3.05, 3.63) is 34.9 Å². The van der Waals surface area contributed by atoms with Crippen LogP contribution in [0.5, 0.6) is 0 Å². The first kappa shape index (κ1) is 9.04. The fourth-order valence-corrected chi connectivity index (χ4v) is 1.96. The van der Waals surface area contributed by atoms with Crippen LogP contribution in [0.15, 0.2) is 18.2 Å². The summed E-state index contributed by atoms with van der Waals surface area (Å²) in [5.41, 5.74) is 4.36. The highest BCUT2D eigenvalue weighted by molar-refractivity contribution is 14.1. The molecule has 11 heavy (non-hydrogen) atoms. The van der Waals surface area contributed by atoms with Crippen molar-refractivity contribution in [2.24, 2.45) is 0 Å². The minimum atomic E-state index is 1.13. The van der Waals surface area contributed by atoms with E-state index in [1.165, 1.54) is 16.7 Å². The minimum Gasteiger partial charge on any atom is -0.0812 e. The zero-order valence-corrected chi connectivity index (χ0v) is 9.18. The predicted molar refractivity (Wildman–Crippen MR) is 58.3 cm³/mol. The summed E-state index contributed by atoms with van der Waals surface area (Å²) in [4.78, 5) is 0. The van der Waals surface area contributed by atoms with Crippen LogP contribution >= 0.6 is 22.6 Å². The molecule has 0 saturated heterocycles. The number of halogens is 1. The molecule has 0 radical (unpaired) electrons. The van der Waals surface area contributed by atoms with E-state index in [0.717, 1.165) is 10.8 Å². The van der Waals surface area contributed by atoms with Crippen LogP contribution in [0.3, 0.4) is 0 Å². The highest BCUT2D eigenvalue weighted by Crippen LogP contribution is 2.15. The van der Waals surface area contributed by atoms with Gasteiger partial charge in [-0.25, -0.2) is 0 Å². The van der Waals surface area contributed by atoms with Crippen molar-refractivity contribution in [2.45, 2.75) is 24.7 Å². The van der Waals surface area contributed by atoms with Gasteiger partial charge in [0.2, 0.25) is 0 Å². The van der Waals surface area contributed by atoms with Gasteiger partial charge in [-0.1, -0.05) is 53.3 Å². The molecule has 0 atom stereocenters. The van der Waals surface area contributed by atoms with Gasteiger partial charge in [-0.3, -0.25) is 0 Å². The molecule has 0 nitrogen and oxygen atoms in total. The van der Waals surface area contributed by atoms with Gasteiger partial charge in [0.25, 0.3) is 0 Å². The summed E-state index contributed by atoms with van der Waals surface area (Å²) in [7, 11) is 0. The zero-order valence-electron chi connectivity index (χ0n) is 7.02. The van der Waals surface area contributed by atoms with E-state index >= 15 is 0 Å². The smallest absolute Gasteiger partial charge is 0.0249 e. The Morgan fingerprint density at radius 2 is 2.00 bits per heavy atom. The Hall–Kier alpha value is -0.0500. The molecule has 0 heterocycles. The molecule has 0 unspecified atom stereocenters. The highest BCUT2D eigenvalue weighted by atomic mass is 127. The average molecular weight is 260 g/mol. The van der Waals surface area contributed by atoms with Crippen LogP contribution in [0.4, 0.5) is 0 Å². The third-order valence-corrected chi connectivity index (χ3v) is 2.71. The van der Waals surface area contributed by atoms with Crippen molar-refractivity contribution in [3.8, 4) is 0 Å². The monoisotopic (exact) mass is 260 g/mol. The van der Waals surface area contributed by atoms with Crippen LogP contribution in [0.2, 0.25) is 0 Å². The topological polar surface area (TPSA) is 0 Å². The SMILES string of the molecule is CCc1cc(C)ccc1CI. The van der Waals surface area contributed by atoms with E-state index in [4.69, 9.17) is 0 Å². The first-order valence-electron chi connectivity index (χ1n) is 3.92. The van der Waals surface area contributed by atoms with Crippen molar-refractivity contribution in [2.75, 3.05) is 0 Å². The summed E-state index contributed by atoms with van der Waals surface area (Å²) in [6.45, 7) is 4.36. The van der Waals surface area contributed by atoms with Crippen LogP contribution in [-0.2, 0) is 10.8 Å². The minimum absolute atomic E-state index is 1.13. The summed E-state index contributed by atoms with van der Waals surface area (Å²) >= 11 is 2.41. The molecule has 0 aliphatic rings. The fraction of sp³-hybridized carbons (Fsp3) is 0.400. The van der Waals surface area contributed by atoms with Crippen molar-refractivity contribution >= 4 is 22.6 Å². The second kappa shape index (κ2) is 4.10. The number of rotatable bonds is 2. The molecule has 0 bridgehead atoms. The largest absolute Gasteiger partial charge is 0.0812 e. The zero-order chi connectivity index (χ0) is 8.27. The molecular formula is C10H13I. The van der Waals surface area contributed by atoms with E-state index < -0.39 is 0 Å². The van der Waals surface area contributed by atoms with Gasteiger partial charge < -0.3 is 0 Å². The molecular weight excluding hydrogens is 247 g/mol. The number of hydrogen-bond acceptors (Lipinski definition) is 0. The summed E-state index contributed by atoms with van der Waals surface area (Å²) in [5, 5.41) is 0. The maximum atomic E-state index is 2.41. The van der Waals surface area contributed by atoms with Crippen LogP contribution in [0, 0.1) is 6.92 Å². The summed E-state index contributed by atoms with van der Waals surface area (Å²) in [5.74, 6) is 0. The molecule has 0 amide bonds. The standard InChI is InChI=1S/C10H13I/c1-3-9-6-8(2)4-5-10(9)7-11/h4-6H,3,7H2,1-2H3. The Morgan fingerprint density at radius 3 is 2.55 bits per heavy atom. The van der Waals surface area contributed by atoms with Gasteiger partial charge in [0.15, 0.2) is 0 Å². The van der Waals surface area contributed by atoms with E-state index in [0.29, 0.717) is 0 Å². The lowest BCUT2D eigenvalue weighted by atomic mass is 10.0. The number of hydrogen-bond donors (Lipinski definition) is 0. The van der Waals surface area contributed by atoms with Crippen LogP contribution in [0.25, 0.3) is 0 Å². The van der Waals surface area contributed by atoms with E-state index in [1.54, 1.807) is 0 Å². The first-order valence-corrected chi connectivity index (χ1v) is 5.45. The van der Waals surface area contributed by atoms with Crippen molar-refractivity contribution in [3.63, 3.8) is 0 Å². The Bertz CT molecular complexity index is 241. The molecule has 0 saturated carbocycles. The molecule has 1 aromatic carbocycles. The van der Waals surface area contributed by atoms with Gasteiger partial charge in [-0.2, -0.15) is 0 Å².